The van der Waals surface area contributed by atoms with Crippen LogP contribution in [0.3, 0.4) is 0 Å². The van der Waals surface area contributed by atoms with Crippen LogP contribution in [0.1, 0.15) is 0 Å². The van der Waals surface area contributed by atoms with Crippen LogP contribution in [0.2, 0.25) is 0 Å². The highest BCUT2D eigenvalue weighted by Crippen LogP contribution is 2.48. The van der Waals surface area contributed by atoms with Crippen LogP contribution in [0.4, 0.5) is 0 Å². The van der Waals surface area contributed by atoms with E-state index in [9.17, 15) is 0 Å². The molecule has 270 valence electrons. The second-order valence-electron chi connectivity index (χ2n) is 16.3. The lowest BCUT2D eigenvalue weighted by Crippen LogP contribution is -1.93. The maximum Gasteiger partial charge on any atom is 0.146 e. The molecule has 0 unspecified atom stereocenters. The van der Waals surface area contributed by atoms with Crippen molar-refractivity contribution in [3.05, 3.63) is 182 Å². The molecule has 15 aromatic rings. The minimum Gasteiger partial charge on any atom is -0.309 e. The highest BCUT2D eigenvalue weighted by Gasteiger charge is 2.26. The van der Waals surface area contributed by atoms with E-state index >= 15 is 0 Å². The van der Waals surface area contributed by atoms with Crippen LogP contribution in [0.15, 0.2) is 182 Å². The van der Waals surface area contributed by atoms with Crippen LogP contribution in [-0.2, 0) is 0 Å². The van der Waals surface area contributed by atoms with Crippen molar-refractivity contribution in [3.8, 4) is 16.8 Å². The zero-order valence-electron chi connectivity index (χ0n) is 31.6. The van der Waals surface area contributed by atoms with Gasteiger partial charge in [0.2, 0.25) is 0 Å². The predicted molar refractivity (Wildman–Crippen MR) is 248 cm³/mol. The van der Waals surface area contributed by atoms with E-state index in [0.717, 1.165) is 16.7 Å². The first kappa shape index (κ1) is 30.2. The van der Waals surface area contributed by atoms with Gasteiger partial charge in [0.1, 0.15) is 5.65 Å². The molecule has 0 bridgehead atoms. The fourth-order valence-corrected chi connectivity index (χ4v) is 11.1. The second-order valence-corrected chi connectivity index (χ2v) is 16.3. The number of hydrogen-bond donors (Lipinski definition) is 0. The van der Waals surface area contributed by atoms with Crippen LogP contribution in [0.25, 0.3) is 137 Å². The Morgan fingerprint density at radius 2 is 1.02 bits per heavy atom. The van der Waals surface area contributed by atoms with Crippen LogP contribution >= 0.6 is 0 Å². The first-order valence-electron chi connectivity index (χ1n) is 20.4. The highest BCUT2D eigenvalue weighted by molar-refractivity contribution is 6.35. The summed E-state index contributed by atoms with van der Waals surface area (Å²) in [5, 5.41) is 16.3. The number of fused-ring (bicyclic) bond motifs is 19. The van der Waals surface area contributed by atoms with Gasteiger partial charge in [-0.05, 0) is 75.6 Å². The van der Waals surface area contributed by atoms with Gasteiger partial charge in [0.15, 0.2) is 0 Å². The lowest BCUT2D eigenvalue weighted by atomic mass is 9.98. The molecule has 0 spiro atoms. The maximum absolute atomic E-state index is 5.75. The number of aromatic nitrogens is 4. The molecular weight excluding hydrogens is 717 g/mol. The molecule has 6 aromatic heterocycles. The largest absolute Gasteiger partial charge is 0.309 e. The molecule has 0 saturated heterocycles. The van der Waals surface area contributed by atoms with Gasteiger partial charge in [0.25, 0.3) is 0 Å². The minimum absolute atomic E-state index is 1.01. The van der Waals surface area contributed by atoms with Gasteiger partial charge < -0.3 is 8.97 Å². The lowest BCUT2D eigenvalue weighted by Gasteiger charge is -2.09. The van der Waals surface area contributed by atoms with Gasteiger partial charge in [-0.3, -0.25) is 4.40 Å². The van der Waals surface area contributed by atoms with Crippen molar-refractivity contribution >= 4 is 120 Å². The Hall–Kier alpha value is -7.95. The van der Waals surface area contributed by atoms with Gasteiger partial charge in [-0.2, -0.15) is 0 Å². The number of hydrogen-bond acceptors (Lipinski definition) is 1. The molecule has 0 N–H and O–H groups in total. The molecular formula is C55H30N4. The van der Waals surface area contributed by atoms with Gasteiger partial charge >= 0.3 is 0 Å². The summed E-state index contributed by atoms with van der Waals surface area (Å²) in [5.74, 6) is 0. The molecule has 9 aromatic carbocycles. The number of benzene rings is 9. The van der Waals surface area contributed by atoms with E-state index in [-0.39, 0.29) is 0 Å². The molecule has 0 aliphatic carbocycles. The third-order valence-corrected chi connectivity index (χ3v) is 13.4. The van der Waals surface area contributed by atoms with Gasteiger partial charge in [-0.1, -0.05) is 133 Å². The predicted octanol–water partition coefficient (Wildman–Crippen LogP) is 14.5. The first-order chi connectivity index (χ1) is 29.3. The number of pyridine rings is 1. The smallest absolute Gasteiger partial charge is 0.146 e. The molecule has 0 radical (unpaired) electrons. The molecule has 15 rings (SSSR count). The van der Waals surface area contributed by atoms with Crippen LogP contribution in [-0.4, -0.2) is 18.4 Å². The molecule has 0 amide bonds. The van der Waals surface area contributed by atoms with Crippen molar-refractivity contribution in [2.45, 2.75) is 0 Å². The van der Waals surface area contributed by atoms with Crippen molar-refractivity contribution in [2.24, 2.45) is 0 Å². The monoisotopic (exact) mass is 746 g/mol. The summed E-state index contributed by atoms with van der Waals surface area (Å²) in [5.41, 5.74) is 14.1. The quantitative estimate of drug-likeness (QED) is 0.173. The van der Waals surface area contributed by atoms with Crippen molar-refractivity contribution in [3.63, 3.8) is 0 Å². The van der Waals surface area contributed by atoms with Crippen molar-refractivity contribution < 1.29 is 0 Å². The summed E-state index contributed by atoms with van der Waals surface area (Å²) >= 11 is 0. The van der Waals surface area contributed by atoms with E-state index in [0.29, 0.717) is 0 Å². The molecule has 59 heavy (non-hydrogen) atoms. The average molecular weight is 747 g/mol. The number of para-hydroxylation sites is 4. The van der Waals surface area contributed by atoms with Crippen LogP contribution in [0.5, 0.6) is 0 Å². The van der Waals surface area contributed by atoms with E-state index in [2.05, 4.69) is 195 Å². The Labute approximate surface area is 335 Å². The number of nitrogens with zero attached hydrogens (tertiary/aromatic N) is 4. The molecule has 4 nitrogen and oxygen atoms in total. The van der Waals surface area contributed by atoms with Crippen molar-refractivity contribution in [2.75, 3.05) is 0 Å². The standard InChI is InChI=1S/C55H30N4/c1-2-14-34(15-3-1)57-45-23-9-8-18-38(45)42-28-33(25-26-46(42)57)37-19-10-20-39-40-21-11-22-41-51-48(58(52(37)39)53(40)41)30-44-50-36-17-7-5-13-32(36)29-43-49-35-16-6-4-12-31(35)24-27-47(49)59(54(43)50)55(44)56-51/h1-30H. The third kappa shape index (κ3) is 3.60. The van der Waals surface area contributed by atoms with Crippen molar-refractivity contribution in [1.82, 2.24) is 18.4 Å². The maximum atomic E-state index is 5.75. The fraction of sp³-hybridized carbons (Fsp3) is 0. The van der Waals surface area contributed by atoms with Gasteiger partial charge in [-0.15, -0.1) is 0 Å². The van der Waals surface area contributed by atoms with Crippen LogP contribution in [0, 0.1) is 0 Å². The summed E-state index contributed by atoms with van der Waals surface area (Å²) in [6, 6.07) is 67.2. The molecule has 0 atom stereocenters. The SMILES string of the molecule is c1ccc(-n2c3ccccc3c3cc(-c4cccc5c6cccc7c8nc9c(cc8n(c45)c67)c4c5ccccc5cc5c6c7ccccc7ccc6n9c54)ccc32)cc1. The van der Waals surface area contributed by atoms with E-state index < -0.39 is 0 Å². The summed E-state index contributed by atoms with van der Waals surface area (Å²) in [6.07, 6.45) is 0. The molecule has 0 aliphatic heterocycles. The Morgan fingerprint density at radius 3 is 1.90 bits per heavy atom. The van der Waals surface area contributed by atoms with Gasteiger partial charge in [-0.25, -0.2) is 4.98 Å². The Balaban J connectivity index is 1.09. The highest BCUT2D eigenvalue weighted by atomic mass is 15.0. The summed E-state index contributed by atoms with van der Waals surface area (Å²) in [6.45, 7) is 0. The zero-order valence-corrected chi connectivity index (χ0v) is 31.6. The Kier molecular flexibility index (Phi) is 5.38. The van der Waals surface area contributed by atoms with E-state index in [1.54, 1.807) is 0 Å². The number of rotatable bonds is 2. The van der Waals surface area contributed by atoms with Crippen molar-refractivity contribution in [1.29, 1.82) is 0 Å². The first-order valence-corrected chi connectivity index (χ1v) is 20.4. The minimum atomic E-state index is 1.01. The summed E-state index contributed by atoms with van der Waals surface area (Å²) in [4.78, 5) is 5.75. The van der Waals surface area contributed by atoms with Gasteiger partial charge in [0, 0.05) is 59.7 Å². The normalized spacial score (nSPS) is 12.7. The molecule has 0 fully saturated rings. The van der Waals surface area contributed by atoms with E-state index in [4.69, 9.17) is 4.98 Å². The summed E-state index contributed by atoms with van der Waals surface area (Å²) < 4.78 is 7.37. The Morgan fingerprint density at radius 1 is 0.339 bits per heavy atom. The van der Waals surface area contributed by atoms with E-state index in [1.807, 2.05) is 0 Å². The molecule has 4 heteroatoms. The van der Waals surface area contributed by atoms with E-state index in [1.165, 1.54) is 120 Å². The topological polar surface area (TPSA) is 26.6 Å². The molecule has 0 aliphatic rings. The van der Waals surface area contributed by atoms with Crippen LogP contribution < -0.4 is 0 Å². The average Bonchev–Trinajstić information content (AvgIpc) is 4.08. The zero-order chi connectivity index (χ0) is 38.1. The molecule has 0 saturated carbocycles. The lowest BCUT2D eigenvalue weighted by molar-refractivity contribution is 1.18. The second kappa shape index (κ2) is 10.5. The van der Waals surface area contributed by atoms with Gasteiger partial charge in [0.05, 0.1) is 44.1 Å². The third-order valence-electron chi connectivity index (χ3n) is 13.4. The Bertz CT molecular complexity index is 4300. The fourth-order valence-electron chi connectivity index (χ4n) is 11.1. The molecule has 6 heterocycles. The summed E-state index contributed by atoms with van der Waals surface area (Å²) in [7, 11) is 0.